The molecule has 2 saturated heterocycles. The lowest BCUT2D eigenvalue weighted by Gasteiger charge is -2.57. The van der Waals surface area contributed by atoms with Crippen molar-refractivity contribution in [3.63, 3.8) is 0 Å². The third kappa shape index (κ3) is 3.22. The van der Waals surface area contributed by atoms with Gasteiger partial charge in [-0.1, -0.05) is 23.7 Å². The summed E-state index contributed by atoms with van der Waals surface area (Å²) >= 11 is 5.99. The van der Waals surface area contributed by atoms with Crippen LogP contribution in [0.25, 0.3) is 0 Å². The van der Waals surface area contributed by atoms with Gasteiger partial charge in [-0.15, -0.1) is 0 Å². The van der Waals surface area contributed by atoms with Crippen LogP contribution in [-0.4, -0.2) is 47.5 Å². The van der Waals surface area contributed by atoms with Gasteiger partial charge in [-0.25, -0.2) is 4.79 Å². The first-order chi connectivity index (χ1) is 11.6. The molecule has 2 aliphatic rings. The molecule has 0 aliphatic carbocycles. The topological polar surface area (TPSA) is 49.9 Å². The maximum absolute atomic E-state index is 12.7. The van der Waals surface area contributed by atoms with Crippen molar-refractivity contribution in [3.8, 4) is 0 Å². The quantitative estimate of drug-likeness (QED) is 0.711. The number of carbonyl (C=O) groups is 2. The summed E-state index contributed by atoms with van der Waals surface area (Å²) in [7, 11) is 1.84. The van der Waals surface area contributed by atoms with Crippen molar-refractivity contribution < 1.29 is 14.3 Å². The summed E-state index contributed by atoms with van der Waals surface area (Å²) in [5.41, 5.74) is 0.170. The molecule has 1 aromatic carbocycles. The van der Waals surface area contributed by atoms with Gasteiger partial charge in [0.1, 0.15) is 5.60 Å². The Hall–Kier alpha value is -1.75. The van der Waals surface area contributed by atoms with Crippen LogP contribution >= 0.6 is 11.6 Å². The second kappa shape index (κ2) is 6.20. The summed E-state index contributed by atoms with van der Waals surface area (Å²) in [6.45, 7) is 6.66. The third-order valence-electron chi connectivity index (χ3n) is 5.15. The van der Waals surface area contributed by atoms with Crippen molar-refractivity contribution >= 4 is 23.6 Å². The van der Waals surface area contributed by atoms with Crippen molar-refractivity contribution in [2.45, 2.75) is 45.3 Å². The predicted octanol–water partition coefficient (Wildman–Crippen LogP) is 3.87. The van der Waals surface area contributed by atoms with Crippen LogP contribution in [0.2, 0.25) is 5.02 Å². The number of carbonyl (C=O) groups excluding carboxylic acids is 2. The molecule has 136 valence electrons. The highest BCUT2D eigenvalue weighted by atomic mass is 35.5. The first-order valence-corrected chi connectivity index (χ1v) is 9.02. The van der Waals surface area contributed by atoms with Crippen LogP contribution in [-0.2, 0) is 9.53 Å². The van der Waals surface area contributed by atoms with Gasteiger partial charge in [-0.3, -0.25) is 4.79 Å². The highest BCUT2D eigenvalue weighted by Gasteiger charge is 2.60. The summed E-state index contributed by atoms with van der Waals surface area (Å²) in [6.07, 6.45) is 1.01. The lowest BCUT2D eigenvalue weighted by atomic mass is 9.62. The summed E-state index contributed by atoms with van der Waals surface area (Å²) < 4.78 is 5.45. The van der Waals surface area contributed by atoms with E-state index in [2.05, 4.69) is 0 Å². The Bertz CT molecular complexity index is 673. The fourth-order valence-corrected chi connectivity index (χ4v) is 4.11. The second-order valence-corrected chi connectivity index (χ2v) is 8.43. The van der Waals surface area contributed by atoms with E-state index in [1.54, 1.807) is 9.80 Å². The highest BCUT2D eigenvalue weighted by molar-refractivity contribution is 6.30. The average Bonchev–Trinajstić information content (AvgIpc) is 2.55. The number of piperidine rings is 1. The van der Waals surface area contributed by atoms with Crippen LogP contribution in [0, 0.1) is 5.41 Å². The van der Waals surface area contributed by atoms with Crippen molar-refractivity contribution in [1.82, 2.24) is 9.80 Å². The van der Waals surface area contributed by atoms with Crippen LogP contribution in [0.3, 0.4) is 0 Å². The Kier molecular flexibility index (Phi) is 4.48. The Balaban J connectivity index is 1.73. The maximum Gasteiger partial charge on any atom is 0.410 e. The van der Waals surface area contributed by atoms with Crippen LogP contribution in [0.5, 0.6) is 0 Å². The predicted molar refractivity (Wildman–Crippen MR) is 96.4 cm³/mol. The smallest absolute Gasteiger partial charge is 0.410 e. The minimum atomic E-state index is -0.509. The summed E-state index contributed by atoms with van der Waals surface area (Å²) in [5, 5.41) is 0.686. The van der Waals surface area contributed by atoms with E-state index in [0.29, 0.717) is 31.0 Å². The van der Waals surface area contributed by atoms with Gasteiger partial charge in [-0.2, -0.15) is 0 Å². The van der Waals surface area contributed by atoms with E-state index in [9.17, 15) is 9.59 Å². The van der Waals surface area contributed by atoms with E-state index >= 15 is 0 Å². The Morgan fingerprint density at radius 1 is 1.20 bits per heavy atom. The molecule has 1 spiro atoms. The number of ether oxygens (including phenoxy) is 1. The van der Waals surface area contributed by atoms with E-state index in [1.165, 1.54) is 0 Å². The molecule has 0 bridgehead atoms. The maximum atomic E-state index is 12.7. The molecular formula is C19H25ClN2O3. The average molecular weight is 365 g/mol. The zero-order valence-corrected chi connectivity index (χ0v) is 16.0. The molecule has 0 aromatic heterocycles. The number of hydrogen-bond acceptors (Lipinski definition) is 3. The van der Waals surface area contributed by atoms with Gasteiger partial charge < -0.3 is 14.5 Å². The number of halogens is 1. The molecule has 2 heterocycles. The molecule has 1 aromatic rings. The van der Waals surface area contributed by atoms with Gasteiger partial charge in [0.05, 0.1) is 11.5 Å². The number of nitrogens with zero attached hydrogens (tertiary/aromatic N) is 2. The van der Waals surface area contributed by atoms with Crippen LogP contribution in [0.1, 0.15) is 45.2 Å². The summed E-state index contributed by atoms with van der Waals surface area (Å²) in [5.74, 6) is 0.163. The van der Waals surface area contributed by atoms with E-state index in [-0.39, 0.29) is 18.0 Å². The molecule has 3 rings (SSSR count). The molecule has 2 amide bonds. The van der Waals surface area contributed by atoms with Gasteiger partial charge in [-0.05, 0) is 51.3 Å². The molecule has 0 saturated carbocycles. The first-order valence-electron chi connectivity index (χ1n) is 8.65. The molecule has 1 unspecified atom stereocenters. The molecule has 25 heavy (non-hydrogen) atoms. The Morgan fingerprint density at radius 3 is 2.28 bits per heavy atom. The lowest BCUT2D eigenvalue weighted by Crippen LogP contribution is -2.65. The SMILES string of the molecule is CN1C(=O)C2(CCN(C(=O)OC(C)(C)C)CC2)C1c1ccc(Cl)cc1. The van der Waals surface area contributed by atoms with Crippen LogP contribution in [0.4, 0.5) is 4.79 Å². The molecule has 6 heteroatoms. The van der Waals surface area contributed by atoms with E-state index in [4.69, 9.17) is 16.3 Å². The van der Waals surface area contributed by atoms with Gasteiger partial charge in [0, 0.05) is 25.2 Å². The second-order valence-electron chi connectivity index (χ2n) is 7.99. The van der Waals surface area contributed by atoms with Gasteiger partial charge in [0.15, 0.2) is 0 Å². The monoisotopic (exact) mass is 364 g/mol. The highest BCUT2D eigenvalue weighted by Crippen LogP contribution is 2.55. The first kappa shape index (κ1) is 18.1. The molecule has 2 fully saturated rings. The zero-order valence-electron chi connectivity index (χ0n) is 15.2. The number of β-lactam (4-membered cyclic amide) rings is 1. The normalized spacial score (nSPS) is 22.8. The van der Waals surface area contributed by atoms with Crippen molar-refractivity contribution in [3.05, 3.63) is 34.9 Å². The number of rotatable bonds is 1. The fourth-order valence-electron chi connectivity index (χ4n) is 3.98. The third-order valence-corrected chi connectivity index (χ3v) is 5.40. The van der Waals surface area contributed by atoms with E-state index < -0.39 is 11.0 Å². The minimum Gasteiger partial charge on any atom is -0.444 e. The molecular weight excluding hydrogens is 340 g/mol. The van der Waals surface area contributed by atoms with Gasteiger partial charge in [0.25, 0.3) is 0 Å². The fraction of sp³-hybridized carbons (Fsp3) is 0.579. The van der Waals surface area contributed by atoms with Crippen molar-refractivity contribution in [1.29, 1.82) is 0 Å². The summed E-state index contributed by atoms with van der Waals surface area (Å²) in [6, 6.07) is 7.72. The Labute approximate surface area is 153 Å². The molecule has 0 N–H and O–H groups in total. The summed E-state index contributed by atoms with van der Waals surface area (Å²) in [4.78, 5) is 28.4. The van der Waals surface area contributed by atoms with Gasteiger partial charge >= 0.3 is 6.09 Å². The number of hydrogen-bond donors (Lipinski definition) is 0. The van der Waals surface area contributed by atoms with Crippen molar-refractivity contribution in [2.24, 2.45) is 5.41 Å². The van der Waals surface area contributed by atoms with Crippen LogP contribution in [0.15, 0.2) is 24.3 Å². The zero-order chi connectivity index (χ0) is 18.4. The number of benzene rings is 1. The molecule has 2 aliphatic heterocycles. The molecule has 5 nitrogen and oxygen atoms in total. The standard InChI is InChI=1S/C19H25ClN2O3/c1-18(2,3)25-17(24)22-11-9-19(10-12-22)15(21(4)16(19)23)13-5-7-14(20)8-6-13/h5-8,15H,9-12H2,1-4H3. The lowest BCUT2D eigenvalue weighted by molar-refractivity contribution is -0.176. The largest absolute Gasteiger partial charge is 0.444 e. The van der Waals surface area contributed by atoms with E-state index in [1.807, 2.05) is 52.1 Å². The number of amides is 2. The van der Waals surface area contributed by atoms with Crippen molar-refractivity contribution in [2.75, 3.05) is 20.1 Å². The van der Waals surface area contributed by atoms with E-state index in [0.717, 1.165) is 5.56 Å². The Morgan fingerprint density at radius 2 is 1.76 bits per heavy atom. The van der Waals surface area contributed by atoms with Gasteiger partial charge in [0.2, 0.25) is 5.91 Å². The minimum absolute atomic E-state index is 0.0399. The molecule has 0 radical (unpaired) electrons. The number of likely N-dealkylation sites (tertiary alicyclic amines) is 2. The molecule has 1 atom stereocenters. The van der Waals surface area contributed by atoms with Crippen LogP contribution < -0.4 is 0 Å².